The van der Waals surface area contributed by atoms with Crippen LogP contribution in [0, 0.1) is 0 Å². The van der Waals surface area contributed by atoms with E-state index < -0.39 is 0 Å². The summed E-state index contributed by atoms with van der Waals surface area (Å²) in [5.41, 5.74) is 0. The van der Waals surface area contributed by atoms with Crippen molar-refractivity contribution in [2.45, 2.75) is 6.92 Å². The van der Waals surface area contributed by atoms with E-state index in [1.165, 1.54) is 11.1 Å². The molecule has 72 valence electrons. The zero-order valence-electron chi connectivity index (χ0n) is 8.33. The number of rotatable bonds is 2. The highest BCUT2D eigenvalue weighted by Gasteiger charge is 1.95. The van der Waals surface area contributed by atoms with Crippen LogP contribution in [0.15, 0.2) is 12.2 Å². The average Bonchev–Trinajstić information content (AvgIpc) is 1.87. The van der Waals surface area contributed by atoms with E-state index in [2.05, 4.69) is 9.26 Å². The second-order valence-electron chi connectivity index (χ2n) is 2.13. The van der Waals surface area contributed by atoms with Gasteiger partial charge in [0.25, 0.3) is 0 Å². The van der Waals surface area contributed by atoms with Crippen LogP contribution < -0.4 is 0 Å². The monoisotopic (exact) mass is 191 g/mol. The third kappa shape index (κ3) is 16.2. The SMILES string of the molecule is CC=CC(=O)ON(C)C.CO[SiH3]. The predicted octanol–water partition coefficient (Wildman–Crippen LogP) is -0.504. The maximum absolute atomic E-state index is 10.5. The fourth-order valence-corrected chi connectivity index (χ4v) is 0.346. The molecule has 0 aliphatic rings. The summed E-state index contributed by atoms with van der Waals surface area (Å²) < 4.78 is 4.39. The summed E-state index contributed by atoms with van der Waals surface area (Å²) in [4.78, 5) is 15.1. The van der Waals surface area contributed by atoms with E-state index in [9.17, 15) is 4.79 Å². The van der Waals surface area contributed by atoms with Gasteiger partial charge in [-0.05, 0) is 6.92 Å². The van der Waals surface area contributed by atoms with E-state index in [4.69, 9.17) is 0 Å². The molecular weight excluding hydrogens is 174 g/mol. The van der Waals surface area contributed by atoms with Gasteiger partial charge in [0, 0.05) is 27.3 Å². The first-order valence-corrected chi connectivity index (χ1v) is 4.32. The van der Waals surface area contributed by atoms with Gasteiger partial charge in [0.1, 0.15) is 10.5 Å². The minimum Gasteiger partial charge on any atom is -0.431 e. The van der Waals surface area contributed by atoms with Crippen molar-refractivity contribution < 1.29 is 14.1 Å². The Labute approximate surface area is 76.6 Å². The van der Waals surface area contributed by atoms with Crippen molar-refractivity contribution in [2.24, 2.45) is 0 Å². The Morgan fingerprint density at radius 1 is 1.50 bits per heavy atom. The Kier molecular flexibility index (Phi) is 12.0. The van der Waals surface area contributed by atoms with Crippen molar-refractivity contribution >= 4 is 16.5 Å². The third-order valence-corrected chi connectivity index (χ3v) is 0.575. The lowest BCUT2D eigenvalue weighted by Crippen LogP contribution is -2.16. The van der Waals surface area contributed by atoms with Gasteiger partial charge in [-0.1, -0.05) is 6.08 Å². The Hall–Kier alpha value is -0.653. The normalized spacial score (nSPS) is 9.75. The number of allylic oxidation sites excluding steroid dienone is 1. The summed E-state index contributed by atoms with van der Waals surface area (Å²) in [6.45, 7) is 1.76. The van der Waals surface area contributed by atoms with Crippen LogP contribution in [0.25, 0.3) is 0 Å². The molecule has 0 aliphatic carbocycles. The maximum Gasteiger partial charge on any atom is 0.349 e. The molecule has 0 rings (SSSR count). The lowest BCUT2D eigenvalue weighted by Gasteiger charge is -2.06. The zero-order chi connectivity index (χ0) is 9.98. The third-order valence-electron chi connectivity index (χ3n) is 0.575. The number of carbonyl (C=O) groups is 1. The Morgan fingerprint density at radius 3 is 2.17 bits per heavy atom. The van der Waals surface area contributed by atoms with Crippen LogP contribution in [-0.2, 0) is 14.1 Å². The van der Waals surface area contributed by atoms with E-state index in [1.54, 1.807) is 34.2 Å². The first-order chi connectivity index (χ1) is 5.58. The molecule has 0 unspecified atom stereocenters. The van der Waals surface area contributed by atoms with Crippen LogP contribution in [-0.4, -0.2) is 42.7 Å². The molecule has 0 aromatic rings. The first kappa shape index (κ1) is 13.9. The zero-order valence-corrected chi connectivity index (χ0v) is 10.3. The van der Waals surface area contributed by atoms with E-state index >= 15 is 0 Å². The molecule has 0 bridgehead atoms. The molecule has 0 fully saturated rings. The van der Waals surface area contributed by atoms with E-state index in [-0.39, 0.29) is 5.97 Å². The minimum atomic E-state index is -0.345. The van der Waals surface area contributed by atoms with Crippen molar-refractivity contribution in [3.63, 3.8) is 0 Å². The molecule has 0 aromatic heterocycles. The maximum atomic E-state index is 10.5. The van der Waals surface area contributed by atoms with Gasteiger partial charge in [-0.3, -0.25) is 0 Å². The van der Waals surface area contributed by atoms with Gasteiger partial charge in [0.05, 0.1) is 0 Å². The van der Waals surface area contributed by atoms with Crippen LogP contribution in [0.3, 0.4) is 0 Å². The number of hydrogen-bond donors (Lipinski definition) is 0. The summed E-state index contributed by atoms with van der Waals surface area (Å²) in [5.74, 6) is -0.345. The molecule has 0 atom stereocenters. The molecule has 12 heavy (non-hydrogen) atoms. The molecule has 0 aliphatic heterocycles. The summed E-state index contributed by atoms with van der Waals surface area (Å²) in [7, 11) is 5.86. The Morgan fingerprint density at radius 2 is 1.92 bits per heavy atom. The molecule has 0 heterocycles. The molecule has 4 nitrogen and oxygen atoms in total. The fraction of sp³-hybridized carbons (Fsp3) is 0.571. The standard InChI is InChI=1S/C6H11NO2.CH6OSi/c1-4-5-6(8)9-7(2)3;1-2-3/h4-5H,1-3H3;1,3H3. The summed E-state index contributed by atoms with van der Waals surface area (Å²) in [5, 5.41) is 1.35. The minimum absolute atomic E-state index is 0.345. The van der Waals surface area contributed by atoms with Crippen molar-refractivity contribution in [2.75, 3.05) is 21.2 Å². The second-order valence-corrected chi connectivity index (χ2v) is 2.95. The van der Waals surface area contributed by atoms with Gasteiger partial charge >= 0.3 is 5.97 Å². The van der Waals surface area contributed by atoms with E-state index in [1.807, 2.05) is 0 Å². The molecular formula is C7H17NO3Si. The van der Waals surface area contributed by atoms with Crippen LogP contribution in [0.4, 0.5) is 0 Å². The number of hydrogen-bond acceptors (Lipinski definition) is 4. The second kappa shape index (κ2) is 10.3. The predicted molar refractivity (Wildman–Crippen MR) is 51.5 cm³/mol. The van der Waals surface area contributed by atoms with Gasteiger partial charge in [-0.2, -0.15) is 0 Å². The lowest BCUT2D eigenvalue weighted by molar-refractivity contribution is -0.171. The molecule has 0 spiro atoms. The molecule has 0 N–H and O–H groups in total. The lowest BCUT2D eigenvalue weighted by atomic mass is 10.5. The molecule has 5 heteroatoms. The van der Waals surface area contributed by atoms with Gasteiger partial charge in [-0.15, -0.1) is 5.06 Å². The Balaban J connectivity index is 0. The van der Waals surface area contributed by atoms with Crippen molar-refractivity contribution in [1.82, 2.24) is 5.06 Å². The van der Waals surface area contributed by atoms with Gasteiger partial charge < -0.3 is 9.26 Å². The average molecular weight is 191 g/mol. The van der Waals surface area contributed by atoms with Crippen molar-refractivity contribution in [3.8, 4) is 0 Å². The first-order valence-electron chi connectivity index (χ1n) is 3.50. The fourth-order valence-electron chi connectivity index (χ4n) is 0.346. The van der Waals surface area contributed by atoms with Gasteiger partial charge in [-0.25, -0.2) is 4.79 Å². The molecule has 0 saturated heterocycles. The molecule has 0 radical (unpaired) electrons. The quantitative estimate of drug-likeness (QED) is 0.335. The van der Waals surface area contributed by atoms with Crippen LogP contribution in [0.2, 0.25) is 0 Å². The largest absolute Gasteiger partial charge is 0.431 e. The van der Waals surface area contributed by atoms with Crippen LogP contribution >= 0.6 is 0 Å². The highest BCUT2D eigenvalue weighted by atomic mass is 28.2. The van der Waals surface area contributed by atoms with Crippen molar-refractivity contribution in [1.29, 1.82) is 0 Å². The molecule has 0 aromatic carbocycles. The summed E-state index contributed by atoms with van der Waals surface area (Å²) in [6, 6.07) is 0. The molecule has 0 saturated carbocycles. The number of carbonyl (C=O) groups excluding carboxylic acids is 1. The van der Waals surface area contributed by atoms with Gasteiger partial charge in [0.2, 0.25) is 0 Å². The number of hydroxylamine groups is 2. The van der Waals surface area contributed by atoms with Crippen LogP contribution in [0.5, 0.6) is 0 Å². The number of nitrogens with zero attached hydrogens (tertiary/aromatic N) is 1. The Bertz CT molecular complexity index is 137. The highest BCUT2D eigenvalue weighted by molar-refractivity contribution is 5.97. The summed E-state index contributed by atoms with van der Waals surface area (Å²) >= 11 is 0. The highest BCUT2D eigenvalue weighted by Crippen LogP contribution is 1.82. The van der Waals surface area contributed by atoms with Crippen LogP contribution in [0.1, 0.15) is 6.92 Å². The summed E-state index contributed by atoms with van der Waals surface area (Å²) in [6.07, 6.45) is 2.99. The molecule has 0 amide bonds. The topological polar surface area (TPSA) is 38.8 Å². The van der Waals surface area contributed by atoms with E-state index in [0.29, 0.717) is 0 Å². The van der Waals surface area contributed by atoms with E-state index in [0.717, 1.165) is 10.5 Å². The van der Waals surface area contributed by atoms with Gasteiger partial charge in [0.15, 0.2) is 0 Å². The van der Waals surface area contributed by atoms with Crippen molar-refractivity contribution in [3.05, 3.63) is 12.2 Å². The smallest absolute Gasteiger partial charge is 0.349 e.